The van der Waals surface area contributed by atoms with Gasteiger partial charge in [0.15, 0.2) is 0 Å². The summed E-state index contributed by atoms with van der Waals surface area (Å²) in [6.45, 7) is 6.59. The number of halogens is 1. The number of nitrogens with one attached hydrogen (secondary N) is 1. The second-order valence-corrected chi connectivity index (χ2v) is 15.2. The number of likely N-dealkylation sites (tertiary alicyclic amines) is 1. The number of anilines is 2. The van der Waals surface area contributed by atoms with E-state index in [-0.39, 0.29) is 23.9 Å². The second-order valence-electron chi connectivity index (χ2n) is 15.2. The molecule has 11 heteroatoms. The Bertz CT molecular complexity index is 2070. The largest absolute Gasteiger partial charge is 0.468 e. The van der Waals surface area contributed by atoms with Crippen molar-refractivity contribution in [3.63, 3.8) is 0 Å². The molecule has 9 rings (SSSR count). The summed E-state index contributed by atoms with van der Waals surface area (Å²) in [4.78, 5) is 46.1. The highest BCUT2D eigenvalue weighted by Gasteiger charge is 2.47. The predicted octanol–water partition coefficient (Wildman–Crippen LogP) is 5.06. The predicted molar refractivity (Wildman–Crippen MR) is 199 cm³/mol. The van der Waals surface area contributed by atoms with E-state index in [0.717, 1.165) is 74.5 Å². The molecule has 1 atom stereocenters. The molecule has 6 aliphatic rings. The third kappa shape index (κ3) is 6.11. The summed E-state index contributed by atoms with van der Waals surface area (Å²) in [5, 5.41) is 12.9. The van der Waals surface area contributed by atoms with Gasteiger partial charge in [0.2, 0.25) is 12.2 Å². The van der Waals surface area contributed by atoms with E-state index in [0.29, 0.717) is 34.7 Å². The van der Waals surface area contributed by atoms with Gasteiger partial charge in [-0.05, 0) is 96.3 Å². The standard InChI is InChI=1S/C42H42FN5O5/c43-35-4-2-1-3-34(35)38-32(15-22-53-41(38)52)27-5-7-29(8-6-27)46-20-16-42(17-21-46)25-47(26-42)30-13-18-45(19-14-30)31-9-10-33-28(23-31)24-48(40(33)51)36-11-12-37(49)44-39(36)50/h1-11,15,22-23,30,41,52H,12-14,16-21,24-26H2,(H,44,49,50). The monoisotopic (exact) mass is 715 g/mol. The van der Waals surface area contributed by atoms with Gasteiger partial charge in [0.1, 0.15) is 11.5 Å². The van der Waals surface area contributed by atoms with Crippen molar-refractivity contribution in [2.75, 3.05) is 49.1 Å². The molecule has 272 valence electrons. The minimum atomic E-state index is -1.24. The number of aliphatic hydroxyl groups excluding tert-OH is 1. The Balaban J connectivity index is 0.774. The Labute approximate surface area is 307 Å². The lowest BCUT2D eigenvalue weighted by Crippen LogP contribution is -2.64. The Morgan fingerprint density at radius 1 is 0.849 bits per heavy atom. The summed E-state index contributed by atoms with van der Waals surface area (Å²) in [7, 11) is 0. The van der Waals surface area contributed by atoms with E-state index < -0.39 is 18.0 Å². The average molecular weight is 716 g/mol. The number of amides is 3. The van der Waals surface area contributed by atoms with Gasteiger partial charge >= 0.3 is 0 Å². The van der Waals surface area contributed by atoms with Crippen LogP contribution in [0.25, 0.3) is 11.1 Å². The first-order valence-electron chi connectivity index (χ1n) is 18.6. The normalized spacial score (nSPS) is 23.2. The van der Waals surface area contributed by atoms with Crippen LogP contribution in [-0.4, -0.2) is 84.2 Å². The molecule has 3 amide bonds. The molecule has 0 aromatic heterocycles. The minimum Gasteiger partial charge on any atom is -0.468 e. The molecule has 10 nitrogen and oxygen atoms in total. The maximum atomic E-state index is 14.7. The molecule has 3 aromatic rings. The van der Waals surface area contributed by atoms with Crippen molar-refractivity contribution < 1.29 is 28.6 Å². The summed E-state index contributed by atoms with van der Waals surface area (Å²) in [6.07, 6.45) is 8.19. The lowest BCUT2D eigenvalue weighted by molar-refractivity contribution is -0.129. The SMILES string of the molecule is O=C1CC=C(N2Cc3cc(N4CCC(N5CC6(CCN(c7ccc(C8=C(c9ccccc9F)C(O)OC=C8)cc7)CC6)C5)CC4)ccc3C2=O)C(=O)N1. The fourth-order valence-corrected chi connectivity index (χ4v) is 9.11. The van der Waals surface area contributed by atoms with E-state index in [9.17, 15) is 23.9 Å². The average Bonchev–Trinajstić information content (AvgIpc) is 3.49. The molecule has 1 spiro atoms. The molecule has 1 unspecified atom stereocenters. The maximum Gasteiger partial charge on any atom is 0.274 e. The fourth-order valence-electron chi connectivity index (χ4n) is 9.11. The number of aliphatic hydroxyl groups is 1. The molecule has 6 aliphatic heterocycles. The van der Waals surface area contributed by atoms with Gasteiger partial charge in [-0.1, -0.05) is 30.3 Å². The van der Waals surface area contributed by atoms with Gasteiger partial charge in [-0.3, -0.25) is 29.5 Å². The van der Waals surface area contributed by atoms with E-state index >= 15 is 0 Å². The molecule has 2 N–H and O–H groups in total. The third-order valence-electron chi connectivity index (χ3n) is 12.1. The quantitative estimate of drug-likeness (QED) is 0.342. The van der Waals surface area contributed by atoms with Crippen molar-refractivity contribution in [3.05, 3.63) is 119 Å². The number of benzene rings is 3. The smallest absolute Gasteiger partial charge is 0.274 e. The van der Waals surface area contributed by atoms with Crippen molar-refractivity contribution in [1.82, 2.24) is 15.1 Å². The Morgan fingerprint density at radius 2 is 1.57 bits per heavy atom. The molecule has 53 heavy (non-hydrogen) atoms. The first kappa shape index (κ1) is 33.6. The van der Waals surface area contributed by atoms with Gasteiger partial charge in [0, 0.05) is 79.8 Å². The van der Waals surface area contributed by atoms with Gasteiger partial charge in [-0.15, -0.1) is 0 Å². The van der Waals surface area contributed by atoms with Crippen LogP contribution in [0.2, 0.25) is 0 Å². The van der Waals surface area contributed by atoms with E-state index in [1.54, 1.807) is 30.4 Å². The molecular formula is C42H42FN5O5. The molecular weight excluding hydrogens is 673 g/mol. The fraction of sp³-hybridized carbons (Fsp3) is 0.357. The third-order valence-corrected chi connectivity index (χ3v) is 12.1. The van der Waals surface area contributed by atoms with Gasteiger partial charge in [-0.25, -0.2) is 4.39 Å². The zero-order valence-electron chi connectivity index (χ0n) is 29.5. The van der Waals surface area contributed by atoms with Crippen molar-refractivity contribution in [2.24, 2.45) is 5.41 Å². The van der Waals surface area contributed by atoms with Crippen LogP contribution < -0.4 is 15.1 Å². The topological polar surface area (TPSA) is 106 Å². The number of carbonyl (C=O) groups excluding carboxylic acids is 3. The summed E-state index contributed by atoms with van der Waals surface area (Å²) in [5.41, 5.74) is 6.86. The molecule has 3 fully saturated rings. The Kier molecular flexibility index (Phi) is 8.42. The minimum absolute atomic E-state index is 0.0936. The summed E-state index contributed by atoms with van der Waals surface area (Å²) in [5.74, 6) is -1.46. The van der Waals surface area contributed by atoms with Gasteiger partial charge in [-0.2, -0.15) is 0 Å². The van der Waals surface area contributed by atoms with Crippen LogP contribution in [0.5, 0.6) is 0 Å². The number of hydrogen-bond acceptors (Lipinski definition) is 8. The number of hydrogen-bond donors (Lipinski definition) is 2. The summed E-state index contributed by atoms with van der Waals surface area (Å²) in [6, 6.07) is 21.4. The molecule has 3 aromatic carbocycles. The van der Waals surface area contributed by atoms with E-state index in [4.69, 9.17) is 4.74 Å². The highest BCUT2D eigenvalue weighted by Crippen LogP contribution is 2.44. The van der Waals surface area contributed by atoms with Gasteiger partial charge < -0.3 is 19.6 Å². The van der Waals surface area contributed by atoms with Crippen molar-refractivity contribution in [3.8, 4) is 0 Å². The van der Waals surface area contributed by atoms with Crippen LogP contribution >= 0.6 is 0 Å². The Hall–Kier alpha value is -5.26. The van der Waals surface area contributed by atoms with Crippen LogP contribution in [0, 0.1) is 11.2 Å². The number of nitrogens with zero attached hydrogens (tertiary/aromatic N) is 4. The summed E-state index contributed by atoms with van der Waals surface area (Å²) < 4.78 is 20.0. The highest BCUT2D eigenvalue weighted by molar-refractivity contribution is 6.11. The number of rotatable bonds is 6. The zero-order valence-corrected chi connectivity index (χ0v) is 29.5. The van der Waals surface area contributed by atoms with E-state index in [1.165, 1.54) is 35.8 Å². The van der Waals surface area contributed by atoms with Crippen LogP contribution in [0.4, 0.5) is 15.8 Å². The first-order chi connectivity index (χ1) is 25.7. The zero-order chi connectivity index (χ0) is 36.3. The van der Waals surface area contributed by atoms with E-state index in [1.807, 2.05) is 24.3 Å². The lowest BCUT2D eigenvalue weighted by atomic mass is 9.70. The lowest BCUT2D eigenvalue weighted by Gasteiger charge is -2.57. The van der Waals surface area contributed by atoms with Crippen LogP contribution in [0.15, 0.2) is 90.8 Å². The van der Waals surface area contributed by atoms with Crippen molar-refractivity contribution in [1.29, 1.82) is 0 Å². The molecule has 3 saturated heterocycles. The van der Waals surface area contributed by atoms with Crippen molar-refractivity contribution in [2.45, 2.75) is 51.0 Å². The highest BCUT2D eigenvalue weighted by atomic mass is 19.1. The van der Waals surface area contributed by atoms with E-state index in [2.05, 4.69) is 38.2 Å². The summed E-state index contributed by atoms with van der Waals surface area (Å²) >= 11 is 0. The van der Waals surface area contributed by atoms with Crippen LogP contribution in [0.1, 0.15) is 59.2 Å². The molecule has 6 heterocycles. The number of imide groups is 1. The van der Waals surface area contributed by atoms with Crippen LogP contribution in [-0.2, 0) is 20.9 Å². The van der Waals surface area contributed by atoms with Gasteiger partial charge in [0.25, 0.3) is 11.8 Å². The number of ether oxygens (including phenoxy) is 1. The molecule has 0 aliphatic carbocycles. The first-order valence-corrected chi connectivity index (χ1v) is 18.6. The number of fused-ring (bicyclic) bond motifs is 1. The number of carbonyl (C=O) groups is 3. The maximum absolute atomic E-state index is 14.7. The molecule has 0 bridgehead atoms. The van der Waals surface area contributed by atoms with Gasteiger partial charge in [0.05, 0.1) is 12.8 Å². The number of allylic oxidation sites excluding steroid dienone is 2. The number of piperidine rings is 2. The molecule has 0 radical (unpaired) electrons. The molecule has 0 saturated carbocycles. The second kappa shape index (κ2) is 13.3. The van der Waals surface area contributed by atoms with Crippen LogP contribution in [0.3, 0.4) is 0 Å². The van der Waals surface area contributed by atoms with Crippen molar-refractivity contribution >= 4 is 40.2 Å². The Morgan fingerprint density at radius 3 is 2.30 bits per heavy atom.